The second kappa shape index (κ2) is 3.51. The van der Waals surface area contributed by atoms with E-state index in [1.807, 2.05) is 0 Å². The van der Waals surface area contributed by atoms with Crippen LogP contribution in [0.15, 0.2) is 30.3 Å². The fourth-order valence-corrected chi connectivity index (χ4v) is 2.09. The van der Waals surface area contributed by atoms with Crippen LogP contribution in [0.25, 0.3) is 0 Å². The lowest BCUT2D eigenvalue weighted by molar-refractivity contribution is 0.229. The largest absolute Gasteiger partial charge is 0.328 e. The van der Waals surface area contributed by atoms with Gasteiger partial charge in [-0.25, -0.2) is 0 Å². The van der Waals surface area contributed by atoms with E-state index in [4.69, 9.17) is 5.73 Å². The standard InChI is InChI=1S/C12H17N/c1-9(13)11-7-12(8-11)10-5-3-2-4-6-10/h2-6,9,11-12H,7-8,13H2,1H3/t9-,11?,12?/m1/s1. The molecule has 1 aliphatic rings. The highest BCUT2D eigenvalue weighted by molar-refractivity contribution is 5.22. The van der Waals surface area contributed by atoms with Gasteiger partial charge in [-0.15, -0.1) is 0 Å². The molecule has 0 saturated heterocycles. The fraction of sp³-hybridized carbons (Fsp3) is 0.500. The normalized spacial score (nSPS) is 29.4. The smallest absolute Gasteiger partial charge is 0.00391 e. The van der Waals surface area contributed by atoms with Gasteiger partial charge in [-0.2, -0.15) is 0 Å². The lowest BCUT2D eigenvalue weighted by atomic mass is 9.69. The number of benzene rings is 1. The fourth-order valence-electron chi connectivity index (χ4n) is 2.09. The Balaban J connectivity index is 1.94. The summed E-state index contributed by atoms with van der Waals surface area (Å²) in [5.74, 6) is 1.53. The minimum atomic E-state index is 0.375. The average molecular weight is 175 g/mol. The number of rotatable bonds is 2. The van der Waals surface area contributed by atoms with Crippen LogP contribution in [0.2, 0.25) is 0 Å². The van der Waals surface area contributed by atoms with Crippen LogP contribution in [0.5, 0.6) is 0 Å². The molecule has 1 aromatic rings. The quantitative estimate of drug-likeness (QED) is 0.734. The zero-order valence-corrected chi connectivity index (χ0v) is 8.11. The monoisotopic (exact) mass is 175 g/mol. The third-order valence-electron chi connectivity index (χ3n) is 3.19. The molecule has 13 heavy (non-hydrogen) atoms. The van der Waals surface area contributed by atoms with Crippen molar-refractivity contribution >= 4 is 0 Å². The molecule has 0 heterocycles. The number of hydrogen-bond acceptors (Lipinski definition) is 1. The van der Waals surface area contributed by atoms with Crippen LogP contribution in [0.4, 0.5) is 0 Å². The van der Waals surface area contributed by atoms with Crippen molar-refractivity contribution in [3.8, 4) is 0 Å². The predicted octanol–water partition coefficient (Wildman–Crippen LogP) is 2.53. The summed E-state index contributed by atoms with van der Waals surface area (Å²) in [7, 11) is 0. The van der Waals surface area contributed by atoms with E-state index < -0.39 is 0 Å². The van der Waals surface area contributed by atoms with Crippen LogP contribution in [0.1, 0.15) is 31.2 Å². The van der Waals surface area contributed by atoms with Crippen molar-refractivity contribution in [2.24, 2.45) is 11.7 Å². The average Bonchev–Trinajstić information content (AvgIpc) is 2.02. The molecular formula is C12H17N. The van der Waals surface area contributed by atoms with Gasteiger partial charge in [-0.05, 0) is 37.2 Å². The van der Waals surface area contributed by atoms with Crippen molar-refractivity contribution in [2.75, 3.05) is 0 Å². The van der Waals surface area contributed by atoms with E-state index in [1.165, 1.54) is 18.4 Å². The molecule has 2 rings (SSSR count). The molecule has 0 amide bonds. The Morgan fingerprint density at radius 1 is 1.23 bits per heavy atom. The molecule has 0 bridgehead atoms. The van der Waals surface area contributed by atoms with Crippen LogP contribution in [-0.4, -0.2) is 6.04 Å². The Morgan fingerprint density at radius 3 is 2.38 bits per heavy atom. The number of hydrogen-bond donors (Lipinski definition) is 1. The third-order valence-corrected chi connectivity index (χ3v) is 3.19. The van der Waals surface area contributed by atoms with Gasteiger partial charge < -0.3 is 5.73 Å². The van der Waals surface area contributed by atoms with E-state index in [1.54, 1.807) is 0 Å². The van der Waals surface area contributed by atoms with Gasteiger partial charge in [0.15, 0.2) is 0 Å². The summed E-state index contributed by atoms with van der Waals surface area (Å²) in [6.45, 7) is 2.12. The van der Waals surface area contributed by atoms with Gasteiger partial charge in [-0.3, -0.25) is 0 Å². The van der Waals surface area contributed by atoms with Gasteiger partial charge >= 0.3 is 0 Å². The lowest BCUT2D eigenvalue weighted by Gasteiger charge is -2.38. The molecule has 1 atom stereocenters. The molecule has 0 spiro atoms. The molecular weight excluding hydrogens is 158 g/mol. The summed E-state index contributed by atoms with van der Waals surface area (Å²) in [6, 6.07) is 11.1. The Morgan fingerprint density at radius 2 is 1.85 bits per heavy atom. The molecule has 1 aromatic carbocycles. The van der Waals surface area contributed by atoms with Gasteiger partial charge in [0.05, 0.1) is 0 Å². The van der Waals surface area contributed by atoms with Crippen molar-refractivity contribution in [3.63, 3.8) is 0 Å². The first kappa shape index (κ1) is 8.76. The van der Waals surface area contributed by atoms with Gasteiger partial charge in [0, 0.05) is 6.04 Å². The minimum absolute atomic E-state index is 0.375. The van der Waals surface area contributed by atoms with Crippen LogP contribution in [0, 0.1) is 5.92 Å². The van der Waals surface area contributed by atoms with E-state index >= 15 is 0 Å². The SMILES string of the molecule is C[C@@H](N)C1CC(c2ccccc2)C1. The minimum Gasteiger partial charge on any atom is -0.328 e. The molecule has 2 N–H and O–H groups in total. The van der Waals surface area contributed by atoms with Crippen molar-refractivity contribution in [2.45, 2.75) is 31.7 Å². The van der Waals surface area contributed by atoms with Crippen molar-refractivity contribution in [1.82, 2.24) is 0 Å². The molecule has 0 radical (unpaired) electrons. The highest BCUT2D eigenvalue weighted by atomic mass is 14.6. The maximum atomic E-state index is 5.84. The first-order chi connectivity index (χ1) is 6.27. The molecule has 0 aliphatic heterocycles. The highest BCUT2D eigenvalue weighted by Crippen LogP contribution is 2.42. The zero-order valence-electron chi connectivity index (χ0n) is 8.11. The molecule has 0 aromatic heterocycles. The Bertz CT molecular complexity index is 260. The van der Waals surface area contributed by atoms with E-state index in [9.17, 15) is 0 Å². The first-order valence-corrected chi connectivity index (χ1v) is 5.08. The summed E-state index contributed by atoms with van der Waals surface area (Å²) in [6.07, 6.45) is 2.56. The molecule has 0 unspecified atom stereocenters. The molecule has 1 nitrogen and oxygen atoms in total. The van der Waals surface area contributed by atoms with Gasteiger partial charge in [0.2, 0.25) is 0 Å². The maximum absolute atomic E-state index is 5.84. The van der Waals surface area contributed by atoms with Crippen molar-refractivity contribution < 1.29 is 0 Å². The third kappa shape index (κ3) is 1.75. The summed E-state index contributed by atoms with van der Waals surface area (Å²) in [5.41, 5.74) is 7.32. The Hall–Kier alpha value is -0.820. The summed E-state index contributed by atoms with van der Waals surface area (Å²) in [5, 5.41) is 0. The summed E-state index contributed by atoms with van der Waals surface area (Å²) >= 11 is 0. The second-order valence-corrected chi connectivity index (χ2v) is 4.20. The molecule has 70 valence electrons. The highest BCUT2D eigenvalue weighted by Gasteiger charge is 2.32. The van der Waals surface area contributed by atoms with E-state index in [-0.39, 0.29) is 0 Å². The lowest BCUT2D eigenvalue weighted by Crippen LogP contribution is -2.35. The maximum Gasteiger partial charge on any atom is 0.00391 e. The topological polar surface area (TPSA) is 26.0 Å². The summed E-state index contributed by atoms with van der Waals surface area (Å²) < 4.78 is 0. The molecule has 1 aliphatic carbocycles. The molecule has 1 fully saturated rings. The Labute approximate surface area is 80.0 Å². The zero-order chi connectivity index (χ0) is 9.26. The van der Waals surface area contributed by atoms with Gasteiger partial charge in [-0.1, -0.05) is 30.3 Å². The van der Waals surface area contributed by atoms with Crippen LogP contribution in [0.3, 0.4) is 0 Å². The van der Waals surface area contributed by atoms with Crippen molar-refractivity contribution in [3.05, 3.63) is 35.9 Å². The van der Waals surface area contributed by atoms with Crippen LogP contribution >= 0.6 is 0 Å². The first-order valence-electron chi connectivity index (χ1n) is 5.08. The van der Waals surface area contributed by atoms with E-state index in [2.05, 4.69) is 37.3 Å². The molecule has 1 heteroatoms. The second-order valence-electron chi connectivity index (χ2n) is 4.20. The van der Waals surface area contributed by atoms with Crippen LogP contribution < -0.4 is 5.73 Å². The Kier molecular flexibility index (Phi) is 2.36. The van der Waals surface area contributed by atoms with Gasteiger partial charge in [0.1, 0.15) is 0 Å². The van der Waals surface area contributed by atoms with Gasteiger partial charge in [0.25, 0.3) is 0 Å². The number of nitrogens with two attached hydrogens (primary N) is 1. The summed E-state index contributed by atoms with van der Waals surface area (Å²) in [4.78, 5) is 0. The van der Waals surface area contributed by atoms with Crippen LogP contribution in [-0.2, 0) is 0 Å². The van der Waals surface area contributed by atoms with E-state index in [0.717, 1.165) is 11.8 Å². The predicted molar refractivity (Wildman–Crippen MR) is 55.6 cm³/mol. The van der Waals surface area contributed by atoms with Crippen molar-refractivity contribution in [1.29, 1.82) is 0 Å². The molecule has 1 saturated carbocycles. The van der Waals surface area contributed by atoms with E-state index in [0.29, 0.717) is 6.04 Å².